The van der Waals surface area contributed by atoms with Gasteiger partial charge in [0.25, 0.3) is 0 Å². The van der Waals surface area contributed by atoms with Gasteiger partial charge in [0.2, 0.25) is 5.82 Å². The molecule has 35 heavy (non-hydrogen) atoms. The van der Waals surface area contributed by atoms with E-state index in [9.17, 15) is 13.2 Å². The molecular formula is C29H29F3O3. The van der Waals surface area contributed by atoms with Crippen molar-refractivity contribution in [2.75, 3.05) is 19.8 Å². The average molecular weight is 483 g/mol. The van der Waals surface area contributed by atoms with Gasteiger partial charge in [-0.05, 0) is 48.2 Å². The van der Waals surface area contributed by atoms with Gasteiger partial charge in [0.05, 0.1) is 19.8 Å². The highest BCUT2D eigenvalue weighted by molar-refractivity contribution is 5.71. The van der Waals surface area contributed by atoms with Crippen LogP contribution >= 0.6 is 0 Å². The number of ether oxygens (including phenoxy) is 3. The lowest BCUT2D eigenvalue weighted by Crippen LogP contribution is -2.26. The Morgan fingerprint density at radius 1 is 0.886 bits per heavy atom. The third-order valence-corrected chi connectivity index (χ3v) is 5.97. The van der Waals surface area contributed by atoms with Crippen molar-refractivity contribution in [2.45, 2.75) is 33.0 Å². The minimum Gasteiger partial charge on any atom is -0.490 e. The summed E-state index contributed by atoms with van der Waals surface area (Å²) in [7, 11) is 0. The van der Waals surface area contributed by atoms with E-state index >= 15 is 0 Å². The average Bonchev–Trinajstić information content (AvgIpc) is 2.88. The molecule has 0 radical (unpaired) electrons. The molecule has 0 unspecified atom stereocenters. The normalized spacial score (nSPS) is 18.2. The maximum atomic E-state index is 14.9. The van der Waals surface area contributed by atoms with E-state index in [-0.39, 0.29) is 17.2 Å². The van der Waals surface area contributed by atoms with Gasteiger partial charge in [0, 0.05) is 17.0 Å². The van der Waals surface area contributed by atoms with Crippen LogP contribution in [0.15, 0.2) is 66.7 Å². The van der Waals surface area contributed by atoms with Crippen LogP contribution in [0, 0.1) is 23.4 Å². The van der Waals surface area contributed by atoms with Gasteiger partial charge in [-0.3, -0.25) is 0 Å². The SMILES string of the molecule is CC=CC1COC(c2ccc(-c3ccc(-c4ccc(OCCCC)c(F)c4F)cc3)cc2F)OC1. The minimum atomic E-state index is -0.996. The minimum absolute atomic E-state index is 0.0878. The predicted octanol–water partition coefficient (Wildman–Crippen LogP) is 7.85. The van der Waals surface area contributed by atoms with Crippen LogP contribution in [0.3, 0.4) is 0 Å². The smallest absolute Gasteiger partial charge is 0.201 e. The summed E-state index contributed by atoms with van der Waals surface area (Å²) in [6.07, 6.45) is 4.89. The fraction of sp³-hybridized carbons (Fsp3) is 0.310. The van der Waals surface area contributed by atoms with Gasteiger partial charge in [0.15, 0.2) is 17.9 Å². The Morgan fingerprint density at radius 2 is 1.57 bits per heavy atom. The predicted molar refractivity (Wildman–Crippen MR) is 131 cm³/mol. The fourth-order valence-electron chi connectivity index (χ4n) is 4.01. The maximum absolute atomic E-state index is 14.9. The Bertz CT molecular complexity index is 1170. The van der Waals surface area contributed by atoms with Crippen LogP contribution in [0.2, 0.25) is 0 Å². The summed E-state index contributed by atoms with van der Waals surface area (Å²) < 4.78 is 60.7. The molecule has 3 aromatic carbocycles. The number of rotatable bonds is 8. The van der Waals surface area contributed by atoms with Crippen molar-refractivity contribution in [1.29, 1.82) is 0 Å². The molecule has 0 bridgehead atoms. The topological polar surface area (TPSA) is 27.7 Å². The molecule has 0 N–H and O–H groups in total. The largest absolute Gasteiger partial charge is 0.490 e. The highest BCUT2D eigenvalue weighted by Crippen LogP contribution is 2.33. The highest BCUT2D eigenvalue weighted by Gasteiger charge is 2.24. The van der Waals surface area contributed by atoms with Gasteiger partial charge < -0.3 is 14.2 Å². The zero-order chi connectivity index (χ0) is 24.8. The summed E-state index contributed by atoms with van der Waals surface area (Å²) in [6.45, 7) is 5.22. The second-order valence-electron chi connectivity index (χ2n) is 8.54. The lowest BCUT2D eigenvalue weighted by Gasteiger charge is -2.28. The molecule has 3 nitrogen and oxygen atoms in total. The van der Waals surface area contributed by atoms with Crippen LogP contribution in [0.1, 0.15) is 38.5 Å². The van der Waals surface area contributed by atoms with E-state index in [4.69, 9.17) is 14.2 Å². The van der Waals surface area contributed by atoms with Gasteiger partial charge >= 0.3 is 0 Å². The van der Waals surface area contributed by atoms with E-state index in [0.717, 1.165) is 18.4 Å². The molecule has 4 rings (SSSR count). The molecule has 6 heteroatoms. The van der Waals surface area contributed by atoms with E-state index in [1.54, 1.807) is 36.4 Å². The second kappa shape index (κ2) is 11.6. The first kappa shape index (κ1) is 25.0. The highest BCUT2D eigenvalue weighted by atomic mass is 19.2. The van der Waals surface area contributed by atoms with Gasteiger partial charge in [-0.2, -0.15) is 4.39 Å². The molecule has 1 saturated heterocycles. The Balaban J connectivity index is 1.48. The van der Waals surface area contributed by atoms with E-state index in [1.807, 2.05) is 26.0 Å². The quantitative estimate of drug-likeness (QED) is 0.242. The van der Waals surface area contributed by atoms with E-state index < -0.39 is 23.7 Å². The number of hydrogen-bond acceptors (Lipinski definition) is 3. The van der Waals surface area contributed by atoms with Crippen molar-refractivity contribution >= 4 is 0 Å². The lowest BCUT2D eigenvalue weighted by atomic mass is 9.98. The number of halogens is 3. The zero-order valence-electron chi connectivity index (χ0n) is 19.9. The van der Waals surface area contributed by atoms with Gasteiger partial charge in [-0.15, -0.1) is 0 Å². The third kappa shape index (κ3) is 5.77. The summed E-state index contributed by atoms with van der Waals surface area (Å²) in [4.78, 5) is 0. The van der Waals surface area contributed by atoms with E-state index in [1.165, 1.54) is 18.2 Å². The van der Waals surface area contributed by atoms with Crippen molar-refractivity contribution in [3.05, 3.63) is 89.8 Å². The van der Waals surface area contributed by atoms with Gasteiger partial charge in [0.1, 0.15) is 5.82 Å². The molecule has 3 aromatic rings. The second-order valence-corrected chi connectivity index (χ2v) is 8.54. The molecular weight excluding hydrogens is 453 g/mol. The Morgan fingerprint density at radius 3 is 2.23 bits per heavy atom. The lowest BCUT2D eigenvalue weighted by molar-refractivity contribution is -0.198. The standard InChI is InChI=1S/C29H29F3O3/c1-3-5-15-33-26-14-13-23(27(31)28(26)32)21-9-7-20(8-10-21)22-11-12-24(25(30)16-22)29-34-17-19(6-4-2)18-35-29/h4,6-14,16,19,29H,3,5,15,17-18H2,1-2H3. The number of unbranched alkanes of at least 4 members (excludes halogenated alkanes) is 1. The fourth-order valence-corrected chi connectivity index (χ4v) is 4.01. The molecule has 1 aliphatic rings. The Kier molecular flexibility index (Phi) is 8.26. The summed E-state index contributed by atoms with van der Waals surface area (Å²) >= 11 is 0. The molecule has 1 fully saturated rings. The third-order valence-electron chi connectivity index (χ3n) is 5.97. The Labute approximate surface area is 204 Å². The first-order valence-electron chi connectivity index (χ1n) is 11.9. The van der Waals surface area contributed by atoms with Crippen molar-refractivity contribution in [2.24, 2.45) is 5.92 Å². The first-order chi connectivity index (χ1) is 17.0. The molecule has 1 heterocycles. The van der Waals surface area contributed by atoms with Crippen LogP contribution in [0.5, 0.6) is 5.75 Å². The molecule has 0 saturated carbocycles. The molecule has 0 amide bonds. The van der Waals surface area contributed by atoms with Crippen LogP contribution in [-0.4, -0.2) is 19.8 Å². The van der Waals surface area contributed by atoms with Crippen molar-refractivity contribution in [3.8, 4) is 28.0 Å². The molecule has 0 atom stereocenters. The summed E-state index contributed by atoms with van der Waals surface area (Å²) in [5, 5.41) is 0. The first-order valence-corrected chi connectivity index (χ1v) is 11.9. The van der Waals surface area contributed by atoms with Crippen LogP contribution in [0.4, 0.5) is 13.2 Å². The number of allylic oxidation sites excluding steroid dienone is 1. The van der Waals surface area contributed by atoms with Gasteiger partial charge in [-0.25, -0.2) is 8.78 Å². The molecule has 0 aromatic heterocycles. The monoisotopic (exact) mass is 482 g/mol. The molecule has 1 aliphatic heterocycles. The van der Waals surface area contributed by atoms with Crippen molar-refractivity contribution < 1.29 is 27.4 Å². The Hall–Kier alpha value is -3.09. The van der Waals surface area contributed by atoms with Crippen LogP contribution in [0.25, 0.3) is 22.3 Å². The van der Waals surface area contributed by atoms with E-state index in [2.05, 4.69) is 0 Å². The summed E-state index contributed by atoms with van der Waals surface area (Å²) in [6, 6.07) is 14.7. The van der Waals surface area contributed by atoms with Crippen molar-refractivity contribution in [3.63, 3.8) is 0 Å². The zero-order valence-corrected chi connectivity index (χ0v) is 19.9. The van der Waals surface area contributed by atoms with Crippen molar-refractivity contribution in [1.82, 2.24) is 0 Å². The number of hydrogen-bond donors (Lipinski definition) is 0. The summed E-state index contributed by atoms with van der Waals surface area (Å²) in [5.74, 6) is -2.29. The molecule has 0 spiro atoms. The molecule has 0 aliphatic carbocycles. The number of benzene rings is 3. The summed E-state index contributed by atoms with van der Waals surface area (Å²) in [5.41, 5.74) is 2.41. The maximum Gasteiger partial charge on any atom is 0.201 e. The molecule has 184 valence electrons. The van der Waals surface area contributed by atoms with Gasteiger partial charge in [-0.1, -0.05) is 61.9 Å². The van der Waals surface area contributed by atoms with Crippen LogP contribution < -0.4 is 4.74 Å². The van der Waals surface area contributed by atoms with Crippen LogP contribution in [-0.2, 0) is 9.47 Å². The van der Waals surface area contributed by atoms with E-state index in [0.29, 0.717) is 36.5 Å².